The largest absolute Gasteiger partial charge is 0.328 e. The molecule has 0 aliphatic rings. The summed E-state index contributed by atoms with van der Waals surface area (Å²) < 4.78 is 2.15. The molecule has 0 fully saturated rings. The summed E-state index contributed by atoms with van der Waals surface area (Å²) in [5, 5.41) is 2.06. The van der Waals surface area contributed by atoms with Crippen molar-refractivity contribution in [1.29, 1.82) is 0 Å². The van der Waals surface area contributed by atoms with Gasteiger partial charge in [0.2, 0.25) is 0 Å². The van der Waals surface area contributed by atoms with Gasteiger partial charge in [-0.15, -0.1) is 11.3 Å². The first-order valence-corrected chi connectivity index (χ1v) is 6.89. The molecule has 2 heterocycles. The summed E-state index contributed by atoms with van der Waals surface area (Å²) in [7, 11) is 0. The number of fused-ring (bicyclic) bond motifs is 1. The van der Waals surface area contributed by atoms with E-state index in [-0.39, 0.29) is 6.04 Å². The molecule has 0 bridgehead atoms. The molecular weight excluding hydrogens is 242 g/mol. The fraction of sp³-hybridized carbons (Fsp3) is 0.214. The lowest BCUT2D eigenvalue weighted by Crippen LogP contribution is -2.19. The third-order valence-corrected chi connectivity index (χ3v) is 3.68. The molecule has 0 radical (unpaired) electrons. The Balaban J connectivity index is 2.18. The van der Waals surface area contributed by atoms with Crippen LogP contribution in [0.25, 0.3) is 16.2 Å². The first-order valence-electron chi connectivity index (χ1n) is 6.01. The summed E-state index contributed by atoms with van der Waals surface area (Å²) in [4.78, 5) is 5.75. The van der Waals surface area contributed by atoms with Crippen LogP contribution in [-0.2, 0) is 6.42 Å². The molecule has 0 saturated carbocycles. The predicted octanol–water partition coefficient (Wildman–Crippen LogP) is 2.95. The molecule has 2 aromatic heterocycles. The summed E-state index contributed by atoms with van der Waals surface area (Å²) in [6, 6.07) is 10.4. The Morgan fingerprint density at radius 2 is 2.11 bits per heavy atom. The van der Waals surface area contributed by atoms with E-state index < -0.39 is 0 Å². The standard InChI is InChI=1S/C14H15N3S/c1-10(15)9-12-13(11-5-3-2-4-6-11)16-14-17(12)7-8-18-14/h2-8,10H,9,15H2,1H3. The molecule has 2 N–H and O–H groups in total. The van der Waals surface area contributed by atoms with Crippen molar-refractivity contribution in [1.82, 2.24) is 9.38 Å². The van der Waals surface area contributed by atoms with Crippen LogP contribution in [0.15, 0.2) is 41.9 Å². The molecule has 18 heavy (non-hydrogen) atoms. The van der Waals surface area contributed by atoms with E-state index >= 15 is 0 Å². The molecular formula is C14H15N3S. The molecule has 1 atom stereocenters. The number of rotatable bonds is 3. The second-order valence-corrected chi connectivity index (χ2v) is 5.38. The topological polar surface area (TPSA) is 43.3 Å². The highest BCUT2D eigenvalue weighted by Gasteiger charge is 2.15. The zero-order valence-electron chi connectivity index (χ0n) is 10.2. The molecule has 0 aliphatic heterocycles. The minimum absolute atomic E-state index is 0.132. The van der Waals surface area contributed by atoms with E-state index in [1.807, 2.05) is 25.1 Å². The Kier molecular flexibility index (Phi) is 2.89. The molecule has 0 amide bonds. The summed E-state index contributed by atoms with van der Waals surface area (Å²) in [5.41, 5.74) is 9.37. The molecule has 1 unspecified atom stereocenters. The van der Waals surface area contributed by atoms with E-state index in [4.69, 9.17) is 10.7 Å². The number of nitrogens with two attached hydrogens (primary N) is 1. The highest BCUT2D eigenvalue weighted by molar-refractivity contribution is 7.15. The molecule has 0 aliphatic carbocycles. The van der Waals surface area contributed by atoms with Gasteiger partial charge >= 0.3 is 0 Å². The number of aromatic nitrogens is 2. The van der Waals surface area contributed by atoms with E-state index in [2.05, 4.69) is 28.1 Å². The summed E-state index contributed by atoms with van der Waals surface area (Å²) in [5.74, 6) is 0. The van der Waals surface area contributed by atoms with Crippen LogP contribution in [-0.4, -0.2) is 15.4 Å². The van der Waals surface area contributed by atoms with Crippen LogP contribution in [0.5, 0.6) is 0 Å². The first-order chi connectivity index (χ1) is 8.75. The third-order valence-electron chi connectivity index (χ3n) is 2.92. The van der Waals surface area contributed by atoms with Crippen LogP contribution in [0, 0.1) is 0 Å². The van der Waals surface area contributed by atoms with E-state index in [9.17, 15) is 0 Å². The maximum Gasteiger partial charge on any atom is 0.194 e. The molecule has 92 valence electrons. The molecule has 4 heteroatoms. The minimum Gasteiger partial charge on any atom is -0.328 e. The van der Waals surface area contributed by atoms with Gasteiger partial charge in [0.15, 0.2) is 4.96 Å². The van der Waals surface area contributed by atoms with Gasteiger partial charge in [-0.1, -0.05) is 30.3 Å². The van der Waals surface area contributed by atoms with E-state index in [1.165, 1.54) is 5.69 Å². The number of imidazole rings is 1. The quantitative estimate of drug-likeness (QED) is 0.784. The molecule has 3 rings (SSSR count). The first kappa shape index (κ1) is 11.4. The smallest absolute Gasteiger partial charge is 0.194 e. The van der Waals surface area contributed by atoms with Gasteiger partial charge < -0.3 is 5.73 Å². The van der Waals surface area contributed by atoms with Crippen molar-refractivity contribution in [2.45, 2.75) is 19.4 Å². The lowest BCUT2D eigenvalue weighted by molar-refractivity contribution is 0.719. The Bertz CT molecular complexity index is 652. The second-order valence-electron chi connectivity index (χ2n) is 4.51. The number of benzene rings is 1. The minimum atomic E-state index is 0.132. The zero-order chi connectivity index (χ0) is 12.5. The van der Waals surface area contributed by atoms with Gasteiger partial charge in [-0.25, -0.2) is 4.98 Å². The highest BCUT2D eigenvalue weighted by Crippen LogP contribution is 2.27. The molecule has 3 aromatic rings. The maximum absolute atomic E-state index is 5.95. The van der Waals surface area contributed by atoms with Crippen LogP contribution >= 0.6 is 11.3 Å². The van der Waals surface area contributed by atoms with Crippen molar-refractivity contribution in [3.63, 3.8) is 0 Å². The predicted molar refractivity (Wildman–Crippen MR) is 75.9 cm³/mol. The maximum atomic E-state index is 5.95. The van der Waals surface area contributed by atoms with Crippen molar-refractivity contribution < 1.29 is 0 Å². The van der Waals surface area contributed by atoms with Crippen molar-refractivity contribution >= 4 is 16.3 Å². The fourth-order valence-corrected chi connectivity index (χ4v) is 2.89. The number of thiazole rings is 1. The second kappa shape index (κ2) is 4.55. The third kappa shape index (κ3) is 1.94. The molecule has 0 saturated heterocycles. The average Bonchev–Trinajstić information content (AvgIpc) is 2.93. The number of hydrogen-bond donors (Lipinski definition) is 1. The normalized spacial score (nSPS) is 13.0. The summed E-state index contributed by atoms with van der Waals surface area (Å²) >= 11 is 1.66. The van der Waals surface area contributed by atoms with Gasteiger partial charge in [0, 0.05) is 29.6 Å². The van der Waals surface area contributed by atoms with Gasteiger partial charge in [0.25, 0.3) is 0 Å². The lowest BCUT2D eigenvalue weighted by Gasteiger charge is -2.07. The Morgan fingerprint density at radius 3 is 2.83 bits per heavy atom. The Morgan fingerprint density at radius 1 is 1.33 bits per heavy atom. The number of hydrogen-bond acceptors (Lipinski definition) is 3. The van der Waals surface area contributed by atoms with E-state index in [1.54, 1.807) is 11.3 Å². The Labute approximate surface area is 110 Å². The summed E-state index contributed by atoms with van der Waals surface area (Å²) in [6.45, 7) is 2.03. The highest BCUT2D eigenvalue weighted by atomic mass is 32.1. The van der Waals surface area contributed by atoms with Crippen LogP contribution in [0.2, 0.25) is 0 Å². The van der Waals surface area contributed by atoms with Gasteiger partial charge in [-0.2, -0.15) is 0 Å². The molecule has 3 nitrogen and oxygen atoms in total. The average molecular weight is 257 g/mol. The van der Waals surface area contributed by atoms with Crippen LogP contribution in [0.1, 0.15) is 12.6 Å². The Hall–Kier alpha value is -1.65. The van der Waals surface area contributed by atoms with Crippen LogP contribution in [0.3, 0.4) is 0 Å². The lowest BCUT2D eigenvalue weighted by atomic mass is 10.1. The van der Waals surface area contributed by atoms with Crippen LogP contribution < -0.4 is 5.73 Å². The fourth-order valence-electron chi connectivity index (χ4n) is 2.16. The summed E-state index contributed by atoms with van der Waals surface area (Å²) in [6.07, 6.45) is 2.90. The SMILES string of the molecule is CC(N)Cc1c(-c2ccccc2)nc2sccn12. The van der Waals surface area contributed by atoms with E-state index in [0.29, 0.717) is 0 Å². The monoisotopic (exact) mass is 257 g/mol. The molecule has 0 spiro atoms. The van der Waals surface area contributed by atoms with Gasteiger partial charge in [-0.3, -0.25) is 4.40 Å². The van der Waals surface area contributed by atoms with Gasteiger partial charge in [0.05, 0.1) is 11.4 Å². The van der Waals surface area contributed by atoms with Crippen molar-refractivity contribution in [3.8, 4) is 11.3 Å². The van der Waals surface area contributed by atoms with Crippen molar-refractivity contribution in [3.05, 3.63) is 47.6 Å². The van der Waals surface area contributed by atoms with Crippen LogP contribution in [0.4, 0.5) is 0 Å². The molecule has 1 aromatic carbocycles. The van der Waals surface area contributed by atoms with Crippen molar-refractivity contribution in [2.75, 3.05) is 0 Å². The van der Waals surface area contributed by atoms with E-state index in [0.717, 1.165) is 22.6 Å². The zero-order valence-corrected chi connectivity index (χ0v) is 11.0. The van der Waals surface area contributed by atoms with Crippen molar-refractivity contribution in [2.24, 2.45) is 5.73 Å². The number of nitrogens with zero attached hydrogens (tertiary/aromatic N) is 2. The van der Waals surface area contributed by atoms with Gasteiger partial charge in [0.1, 0.15) is 0 Å². The van der Waals surface area contributed by atoms with Gasteiger partial charge in [-0.05, 0) is 6.92 Å².